The number of quaternary nitrogens is 1. The maximum Gasteiger partial charge on any atom is 0.328 e. The smallest absolute Gasteiger partial charge is 0.328 e. The quantitative estimate of drug-likeness (QED) is 0.454. The summed E-state index contributed by atoms with van der Waals surface area (Å²) in [5.74, 6) is -2.02. The zero-order valence-corrected chi connectivity index (χ0v) is 21.5. The number of halogens is 2. The molecule has 1 fully saturated rings. The Labute approximate surface area is 215 Å². The molecule has 1 aliphatic rings. The number of hydrogen-bond acceptors (Lipinski definition) is 6. The van der Waals surface area contributed by atoms with Crippen molar-refractivity contribution < 1.29 is 29.1 Å². The van der Waals surface area contributed by atoms with Gasteiger partial charge in [-0.1, -0.05) is 59.3 Å². The van der Waals surface area contributed by atoms with Crippen LogP contribution in [0, 0.1) is 0 Å². The minimum Gasteiger partial charge on any atom is -0.871 e. The molecule has 1 saturated heterocycles. The molecule has 2 N–H and O–H groups in total. The molecule has 1 atom stereocenters. The number of likely N-dealkylation sites (N-methyl/N-ethyl adjacent to an activating group) is 1. The number of nitrogens with one attached hydrogen (secondary N) is 2. The van der Waals surface area contributed by atoms with Crippen LogP contribution in [-0.2, 0) is 16.0 Å². The number of piperazine rings is 1. The summed E-state index contributed by atoms with van der Waals surface area (Å²) in [7, 11) is 2.16. The molecule has 0 unspecified atom stereocenters. The Morgan fingerprint density at radius 2 is 1.89 bits per heavy atom. The van der Waals surface area contributed by atoms with E-state index in [1.54, 1.807) is 6.92 Å². The first-order valence-electron chi connectivity index (χ1n) is 11.7. The lowest BCUT2D eigenvalue weighted by Gasteiger charge is -2.30. The molecule has 2 aromatic rings. The van der Waals surface area contributed by atoms with E-state index in [9.17, 15) is 14.7 Å². The average molecular weight is 524 g/mol. The van der Waals surface area contributed by atoms with E-state index in [1.807, 2.05) is 30.3 Å². The molecule has 8 nitrogen and oxygen atoms in total. The molecule has 10 heteroatoms. The number of esters is 1. The van der Waals surface area contributed by atoms with Gasteiger partial charge in [0.1, 0.15) is 12.6 Å². The summed E-state index contributed by atoms with van der Waals surface area (Å²) in [4.78, 5) is 29.2. The van der Waals surface area contributed by atoms with Crippen LogP contribution in [0.4, 0.5) is 0 Å². The lowest BCUT2D eigenvalue weighted by Crippen LogP contribution is -3.12. The third-order valence-electron chi connectivity index (χ3n) is 5.90. The van der Waals surface area contributed by atoms with Gasteiger partial charge in [-0.15, -0.1) is 0 Å². The predicted octanol–water partition coefficient (Wildman–Crippen LogP) is 1.18. The van der Waals surface area contributed by atoms with E-state index in [0.717, 1.165) is 31.7 Å². The second-order valence-electron chi connectivity index (χ2n) is 8.49. The summed E-state index contributed by atoms with van der Waals surface area (Å²) in [5, 5.41) is 15.2. The molecule has 0 radical (unpaired) electrons. The van der Waals surface area contributed by atoms with Crippen molar-refractivity contribution in [3.63, 3.8) is 0 Å². The second-order valence-corrected chi connectivity index (χ2v) is 9.28. The van der Waals surface area contributed by atoms with Gasteiger partial charge in [0.2, 0.25) is 0 Å². The molecule has 1 aliphatic heterocycles. The van der Waals surface area contributed by atoms with Gasteiger partial charge in [-0.2, -0.15) is 0 Å². The molecule has 1 amide bonds. The first-order valence-corrected chi connectivity index (χ1v) is 12.4. The van der Waals surface area contributed by atoms with Gasteiger partial charge in [0.25, 0.3) is 5.91 Å². The fraction of sp³-hybridized carbons (Fsp3) is 0.440. The van der Waals surface area contributed by atoms with Crippen molar-refractivity contribution in [3.05, 3.63) is 57.6 Å². The maximum atomic E-state index is 13.0. The number of amides is 1. The molecular formula is C25H31Cl2N3O5. The van der Waals surface area contributed by atoms with Crippen LogP contribution in [0.15, 0.2) is 36.4 Å². The van der Waals surface area contributed by atoms with Crippen molar-refractivity contribution in [2.45, 2.75) is 19.4 Å². The van der Waals surface area contributed by atoms with Crippen LogP contribution in [0.2, 0.25) is 10.0 Å². The number of hydrogen-bond donors (Lipinski definition) is 2. The van der Waals surface area contributed by atoms with E-state index in [4.69, 9.17) is 32.7 Å². The van der Waals surface area contributed by atoms with Crippen LogP contribution < -0.4 is 20.1 Å². The average Bonchev–Trinajstić information content (AvgIpc) is 2.85. The van der Waals surface area contributed by atoms with Crippen LogP contribution in [0.25, 0.3) is 0 Å². The van der Waals surface area contributed by atoms with E-state index in [1.165, 1.54) is 11.0 Å². The Morgan fingerprint density at radius 3 is 2.54 bits per heavy atom. The minimum atomic E-state index is -0.983. The Morgan fingerprint density at radius 1 is 1.20 bits per heavy atom. The van der Waals surface area contributed by atoms with Gasteiger partial charge in [-0.05, 0) is 18.6 Å². The summed E-state index contributed by atoms with van der Waals surface area (Å²) >= 11 is 12.6. The highest BCUT2D eigenvalue weighted by Gasteiger charge is 2.25. The number of benzene rings is 2. The van der Waals surface area contributed by atoms with E-state index in [-0.39, 0.29) is 34.4 Å². The number of ether oxygens (including phenoxy) is 2. The van der Waals surface area contributed by atoms with Crippen LogP contribution in [0.5, 0.6) is 11.5 Å². The zero-order valence-electron chi connectivity index (χ0n) is 19.9. The first-order chi connectivity index (χ1) is 16.8. The second kappa shape index (κ2) is 13.0. The first kappa shape index (κ1) is 27.1. The van der Waals surface area contributed by atoms with Crippen molar-refractivity contribution >= 4 is 35.1 Å². The van der Waals surface area contributed by atoms with Crippen LogP contribution in [-0.4, -0.2) is 75.8 Å². The van der Waals surface area contributed by atoms with E-state index in [0.29, 0.717) is 13.2 Å². The maximum absolute atomic E-state index is 13.0. The number of rotatable bonds is 10. The van der Waals surface area contributed by atoms with Crippen molar-refractivity contribution in [2.75, 3.05) is 53.0 Å². The summed E-state index contributed by atoms with van der Waals surface area (Å²) in [6.45, 7) is 6.88. The molecule has 1 heterocycles. The Kier molecular flexibility index (Phi) is 10.0. The molecule has 2 aromatic carbocycles. The number of carbonyl (C=O) groups is 2. The zero-order chi connectivity index (χ0) is 25.4. The van der Waals surface area contributed by atoms with Crippen molar-refractivity contribution in [2.24, 2.45) is 0 Å². The van der Waals surface area contributed by atoms with Gasteiger partial charge >= 0.3 is 5.97 Å². The normalized spacial score (nSPS) is 15.4. The van der Waals surface area contributed by atoms with Crippen LogP contribution >= 0.6 is 23.2 Å². The minimum absolute atomic E-state index is 0.0540. The SMILES string of the molecule is CCOC(=O)[C@H](Cc1ccccc1)NC(=O)c1cc(Cl)c(OCCN2CC[NH+](C)CC2)c(Cl)c1[O-]. The highest BCUT2D eigenvalue weighted by atomic mass is 35.5. The molecular weight excluding hydrogens is 493 g/mol. The van der Waals surface area contributed by atoms with Gasteiger partial charge in [0.15, 0.2) is 5.75 Å². The fourth-order valence-electron chi connectivity index (χ4n) is 3.84. The Balaban J connectivity index is 1.69. The van der Waals surface area contributed by atoms with Crippen molar-refractivity contribution in [3.8, 4) is 11.5 Å². The molecule has 0 saturated carbocycles. The van der Waals surface area contributed by atoms with Gasteiger partial charge in [-0.3, -0.25) is 9.69 Å². The standard InChI is InChI=1S/C25H31Cl2N3O5/c1-3-34-25(33)20(15-17-7-5-4-6-8-17)28-24(32)18-16-19(26)23(21(27)22(18)31)35-14-13-30-11-9-29(2)10-12-30/h4-8,16,20,31H,3,9-15H2,1-2H3,(H,28,32)/t20-/m0/s1. The van der Waals surface area contributed by atoms with E-state index < -0.39 is 23.7 Å². The molecule has 0 bridgehead atoms. The van der Waals surface area contributed by atoms with Crippen LogP contribution in [0.3, 0.4) is 0 Å². The van der Waals surface area contributed by atoms with Gasteiger partial charge in [0.05, 0.1) is 36.8 Å². The number of nitrogens with zero attached hydrogens (tertiary/aromatic N) is 1. The fourth-order valence-corrected chi connectivity index (χ4v) is 4.41. The molecule has 3 rings (SSSR count). The lowest BCUT2D eigenvalue weighted by atomic mass is 10.1. The van der Waals surface area contributed by atoms with Crippen molar-refractivity contribution in [1.82, 2.24) is 10.2 Å². The van der Waals surface area contributed by atoms with Gasteiger partial charge in [-0.25, -0.2) is 4.79 Å². The largest absolute Gasteiger partial charge is 0.871 e. The Hall–Kier alpha value is -2.52. The topological polar surface area (TPSA) is 95.4 Å². The Bertz CT molecular complexity index is 1010. The molecule has 0 aromatic heterocycles. The van der Waals surface area contributed by atoms with Crippen LogP contribution in [0.1, 0.15) is 22.8 Å². The summed E-state index contributed by atoms with van der Waals surface area (Å²) in [5.41, 5.74) is 0.562. The van der Waals surface area contributed by atoms with Crippen molar-refractivity contribution in [1.29, 1.82) is 0 Å². The third kappa shape index (κ3) is 7.48. The monoisotopic (exact) mass is 523 g/mol. The lowest BCUT2D eigenvalue weighted by molar-refractivity contribution is -0.884. The van der Waals surface area contributed by atoms with Gasteiger partial charge in [0, 0.05) is 31.6 Å². The van der Waals surface area contributed by atoms with E-state index >= 15 is 0 Å². The molecule has 35 heavy (non-hydrogen) atoms. The molecule has 0 aliphatic carbocycles. The van der Waals surface area contributed by atoms with E-state index in [2.05, 4.69) is 17.3 Å². The molecule has 0 spiro atoms. The summed E-state index contributed by atoms with van der Waals surface area (Å²) < 4.78 is 10.8. The predicted molar refractivity (Wildman–Crippen MR) is 132 cm³/mol. The number of carbonyl (C=O) groups excluding carboxylic acids is 2. The summed E-state index contributed by atoms with van der Waals surface area (Å²) in [6, 6.07) is 9.43. The summed E-state index contributed by atoms with van der Waals surface area (Å²) in [6.07, 6.45) is 0.204. The highest BCUT2D eigenvalue weighted by Crippen LogP contribution is 2.40. The highest BCUT2D eigenvalue weighted by molar-refractivity contribution is 6.38. The molecule has 190 valence electrons. The van der Waals surface area contributed by atoms with Gasteiger partial charge < -0.3 is 24.8 Å². The third-order valence-corrected chi connectivity index (χ3v) is 6.52.